The maximum absolute atomic E-state index is 2.43. The van der Waals surface area contributed by atoms with E-state index in [4.69, 9.17) is 0 Å². The summed E-state index contributed by atoms with van der Waals surface area (Å²) in [6.07, 6.45) is 2.31. The minimum atomic E-state index is -1.32. The fourth-order valence-corrected chi connectivity index (χ4v) is 4.67. The van der Waals surface area contributed by atoms with Crippen molar-refractivity contribution in [1.82, 2.24) is 0 Å². The van der Waals surface area contributed by atoms with Gasteiger partial charge in [0.1, 0.15) is 8.07 Å². The van der Waals surface area contributed by atoms with Gasteiger partial charge in [-0.25, -0.2) is 0 Å². The highest BCUT2D eigenvalue weighted by molar-refractivity contribution is 6.96. The van der Waals surface area contributed by atoms with E-state index in [1.54, 1.807) is 5.19 Å². The Balaban J connectivity index is 2.52. The molecule has 0 bridgehead atoms. The van der Waals surface area contributed by atoms with Crippen molar-refractivity contribution in [3.05, 3.63) is 47.7 Å². The zero-order valence-corrected chi connectivity index (χ0v) is 10.1. The van der Waals surface area contributed by atoms with Crippen LogP contribution < -0.4 is 5.19 Å². The van der Waals surface area contributed by atoms with Crippen molar-refractivity contribution in [1.29, 1.82) is 0 Å². The van der Waals surface area contributed by atoms with Crippen molar-refractivity contribution in [2.75, 3.05) is 0 Å². The topological polar surface area (TPSA) is 0 Å². The van der Waals surface area contributed by atoms with E-state index < -0.39 is 8.07 Å². The molecule has 0 aromatic heterocycles. The largest absolute Gasteiger partial charge is 0.105 e. The Morgan fingerprint density at radius 2 is 1.67 bits per heavy atom. The Morgan fingerprint density at radius 3 is 2.47 bits per heavy atom. The van der Waals surface area contributed by atoms with Gasteiger partial charge in [-0.2, -0.15) is 0 Å². The molecule has 1 heterocycles. The van der Waals surface area contributed by atoms with Crippen LogP contribution in [0, 0.1) is 0 Å². The molecule has 0 radical (unpaired) electrons. The number of hydrogen-bond acceptors (Lipinski definition) is 0. The van der Waals surface area contributed by atoms with Crippen LogP contribution in [0.25, 0.3) is 16.8 Å². The Kier molecular flexibility index (Phi) is 1.68. The van der Waals surface area contributed by atoms with Crippen LogP contribution in [-0.2, 0) is 0 Å². The smallest absolute Gasteiger partial charge is 0.0896 e. The second-order valence-electron chi connectivity index (χ2n) is 4.81. The molecule has 2 aromatic carbocycles. The zero-order chi connectivity index (χ0) is 10.5. The first-order valence-electron chi connectivity index (χ1n) is 5.40. The van der Waals surface area contributed by atoms with Gasteiger partial charge in [-0.05, 0) is 21.5 Å². The molecule has 1 aliphatic heterocycles. The van der Waals surface area contributed by atoms with Gasteiger partial charge in [0.2, 0.25) is 0 Å². The monoisotopic (exact) mass is 210 g/mol. The highest BCUT2D eigenvalue weighted by Gasteiger charge is 2.25. The molecule has 0 unspecified atom stereocenters. The Bertz CT molecular complexity index is 559. The minimum Gasteiger partial charge on any atom is -0.0896 e. The van der Waals surface area contributed by atoms with Gasteiger partial charge in [-0.1, -0.05) is 61.3 Å². The predicted molar refractivity (Wildman–Crippen MR) is 70.1 cm³/mol. The molecule has 0 aliphatic carbocycles. The molecule has 0 amide bonds. The molecule has 0 N–H and O–H groups in total. The zero-order valence-electron chi connectivity index (χ0n) is 9.12. The van der Waals surface area contributed by atoms with E-state index in [0.29, 0.717) is 0 Å². The Morgan fingerprint density at radius 1 is 0.933 bits per heavy atom. The molecule has 0 saturated carbocycles. The number of rotatable bonds is 0. The fourth-order valence-electron chi connectivity index (χ4n) is 2.43. The van der Waals surface area contributed by atoms with Crippen molar-refractivity contribution in [2.24, 2.45) is 0 Å². The Labute approximate surface area is 91.3 Å². The fraction of sp³-hybridized carbons (Fsp3) is 0.143. The minimum absolute atomic E-state index is 1.32. The first-order chi connectivity index (χ1) is 7.18. The summed E-state index contributed by atoms with van der Waals surface area (Å²) in [6, 6.07) is 13.3. The number of benzene rings is 2. The third-order valence-electron chi connectivity index (χ3n) is 3.31. The van der Waals surface area contributed by atoms with Crippen LogP contribution in [0.15, 0.2) is 42.1 Å². The maximum Gasteiger partial charge on any atom is 0.105 e. The number of hydrogen-bond donors (Lipinski definition) is 0. The van der Waals surface area contributed by atoms with Crippen molar-refractivity contribution < 1.29 is 0 Å². The summed E-state index contributed by atoms with van der Waals surface area (Å²) in [6.45, 7) is 4.82. The highest BCUT2D eigenvalue weighted by atomic mass is 28.3. The van der Waals surface area contributed by atoms with E-state index in [2.05, 4.69) is 61.3 Å². The van der Waals surface area contributed by atoms with Gasteiger partial charge in [0.05, 0.1) is 0 Å². The molecule has 74 valence electrons. The van der Waals surface area contributed by atoms with Crippen molar-refractivity contribution in [3.8, 4) is 0 Å². The van der Waals surface area contributed by atoms with Crippen LogP contribution in [0.2, 0.25) is 13.1 Å². The molecule has 1 aliphatic rings. The summed E-state index contributed by atoms with van der Waals surface area (Å²) in [5.74, 6) is 0. The van der Waals surface area contributed by atoms with Crippen LogP contribution in [0.1, 0.15) is 5.56 Å². The van der Waals surface area contributed by atoms with Crippen molar-refractivity contribution >= 4 is 30.1 Å². The van der Waals surface area contributed by atoms with Crippen LogP contribution in [0.5, 0.6) is 0 Å². The lowest BCUT2D eigenvalue weighted by Crippen LogP contribution is -2.41. The standard InChI is InChI=1S/C14H14Si/c1-15(2)10-9-12-6-3-5-11-7-4-8-13(15)14(11)12/h3-10H,1-2H3. The van der Waals surface area contributed by atoms with Gasteiger partial charge in [0.25, 0.3) is 0 Å². The van der Waals surface area contributed by atoms with E-state index in [9.17, 15) is 0 Å². The summed E-state index contributed by atoms with van der Waals surface area (Å²) in [7, 11) is -1.32. The summed E-state index contributed by atoms with van der Waals surface area (Å²) < 4.78 is 0. The molecule has 0 atom stereocenters. The van der Waals surface area contributed by atoms with Gasteiger partial charge >= 0.3 is 0 Å². The van der Waals surface area contributed by atoms with E-state index in [-0.39, 0.29) is 0 Å². The first-order valence-corrected chi connectivity index (χ1v) is 8.48. The predicted octanol–water partition coefficient (Wildman–Crippen LogP) is 3.32. The van der Waals surface area contributed by atoms with Gasteiger partial charge in [-0.15, -0.1) is 0 Å². The van der Waals surface area contributed by atoms with E-state index in [1.165, 1.54) is 16.3 Å². The van der Waals surface area contributed by atoms with E-state index in [1.807, 2.05) is 0 Å². The summed E-state index contributed by atoms with van der Waals surface area (Å²) in [5, 5.41) is 4.45. The average molecular weight is 210 g/mol. The Hall–Kier alpha value is -1.34. The van der Waals surface area contributed by atoms with Gasteiger partial charge in [-0.3, -0.25) is 0 Å². The van der Waals surface area contributed by atoms with Crippen LogP contribution in [0.3, 0.4) is 0 Å². The first kappa shape index (κ1) is 8.92. The molecule has 15 heavy (non-hydrogen) atoms. The molecule has 0 nitrogen and oxygen atoms in total. The third-order valence-corrected chi connectivity index (χ3v) is 6.12. The van der Waals surface area contributed by atoms with Crippen LogP contribution >= 0.6 is 0 Å². The summed E-state index contributed by atoms with van der Waals surface area (Å²) >= 11 is 0. The molecular formula is C14H14Si. The average Bonchev–Trinajstić information content (AvgIpc) is 2.24. The van der Waals surface area contributed by atoms with Gasteiger partial charge < -0.3 is 0 Å². The van der Waals surface area contributed by atoms with E-state index in [0.717, 1.165) is 0 Å². The summed E-state index contributed by atoms with van der Waals surface area (Å²) in [4.78, 5) is 0. The lowest BCUT2D eigenvalue weighted by molar-refractivity contribution is 1.69. The third kappa shape index (κ3) is 1.20. The van der Waals surface area contributed by atoms with Gasteiger partial charge in [0.15, 0.2) is 0 Å². The quantitative estimate of drug-likeness (QED) is 0.585. The molecule has 0 fully saturated rings. The maximum atomic E-state index is 2.43. The highest BCUT2D eigenvalue weighted by Crippen LogP contribution is 2.25. The van der Waals surface area contributed by atoms with Crippen LogP contribution in [0.4, 0.5) is 0 Å². The molecular weight excluding hydrogens is 196 g/mol. The van der Waals surface area contributed by atoms with Crippen molar-refractivity contribution in [3.63, 3.8) is 0 Å². The lowest BCUT2D eigenvalue weighted by Gasteiger charge is -2.25. The normalized spacial score (nSPS) is 16.9. The van der Waals surface area contributed by atoms with Gasteiger partial charge in [0, 0.05) is 0 Å². The SMILES string of the molecule is C[Si]1(C)C=Cc2cccc3cccc1c23. The second-order valence-corrected chi connectivity index (χ2v) is 9.12. The molecule has 0 saturated heterocycles. The molecule has 1 heteroatoms. The molecule has 2 aromatic rings. The second kappa shape index (κ2) is 2.83. The molecule has 3 rings (SSSR count). The van der Waals surface area contributed by atoms with Crippen molar-refractivity contribution in [2.45, 2.75) is 13.1 Å². The van der Waals surface area contributed by atoms with Crippen LogP contribution in [-0.4, -0.2) is 8.07 Å². The molecule has 0 spiro atoms. The van der Waals surface area contributed by atoms with E-state index >= 15 is 0 Å². The summed E-state index contributed by atoms with van der Waals surface area (Å²) in [5.41, 5.74) is 3.82. The lowest BCUT2D eigenvalue weighted by atomic mass is 10.0.